The number of rotatable bonds is 2. The van der Waals surface area contributed by atoms with E-state index >= 15 is 0 Å². The second-order valence-corrected chi connectivity index (χ2v) is 7.11. The maximum atomic E-state index is 13.1. The Bertz CT molecular complexity index is 1100. The molecule has 6 heteroatoms. The van der Waals surface area contributed by atoms with Gasteiger partial charge in [0.2, 0.25) is 0 Å². The predicted molar refractivity (Wildman–Crippen MR) is 102 cm³/mol. The van der Waals surface area contributed by atoms with Gasteiger partial charge in [0.25, 0.3) is 5.91 Å². The van der Waals surface area contributed by atoms with Crippen LogP contribution >= 0.6 is 0 Å². The van der Waals surface area contributed by atoms with Crippen molar-refractivity contribution in [3.8, 4) is 0 Å². The van der Waals surface area contributed by atoms with Crippen LogP contribution < -0.4 is 4.90 Å². The number of amides is 1. The number of carbonyl (C=O) groups excluding carboxylic acids is 1. The summed E-state index contributed by atoms with van der Waals surface area (Å²) in [6.45, 7) is 0.500. The zero-order valence-corrected chi connectivity index (χ0v) is 14.9. The molecule has 0 fully saturated rings. The summed E-state index contributed by atoms with van der Waals surface area (Å²) in [6, 6.07) is 15.5. The van der Waals surface area contributed by atoms with Gasteiger partial charge in [-0.15, -0.1) is 0 Å². The van der Waals surface area contributed by atoms with Gasteiger partial charge in [-0.25, -0.2) is 0 Å². The van der Waals surface area contributed by atoms with Crippen molar-refractivity contribution in [2.24, 2.45) is 0 Å². The van der Waals surface area contributed by atoms with E-state index in [0.29, 0.717) is 12.1 Å². The van der Waals surface area contributed by atoms with Crippen molar-refractivity contribution >= 4 is 28.5 Å². The van der Waals surface area contributed by atoms with Crippen molar-refractivity contribution in [2.45, 2.75) is 19.1 Å². The van der Waals surface area contributed by atoms with Crippen LogP contribution in [0.4, 0.5) is 5.69 Å². The fourth-order valence-electron chi connectivity index (χ4n) is 4.61. The number of benzene rings is 2. The van der Waals surface area contributed by atoms with Crippen LogP contribution in [0.15, 0.2) is 48.5 Å². The summed E-state index contributed by atoms with van der Waals surface area (Å²) in [6.07, 6.45) is 0.420. The highest BCUT2D eigenvalue weighted by Crippen LogP contribution is 2.44. The Balaban J connectivity index is 1.79. The van der Waals surface area contributed by atoms with Crippen LogP contribution in [0.5, 0.6) is 0 Å². The third-order valence-electron chi connectivity index (χ3n) is 5.70. The SMILES string of the molecule is CN1c2ccccc2C(=O)N2CCc3c(n(CC(=O)O)c4ccccc34)[C@H]21. The molecule has 1 N–H and O–H groups in total. The predicted octanol–water partition coefficient (Wildman–Crippen LogP) is 2.87. The average Bonchev–Trinajstić information content (AvgIpc) is 2.99. The molecule has 27 heavy (non-hydrogen) atoms. The molecule has 0 spiro atoms. The standard InChI is InChI=1S/C21H19N3O3/c1-22-16-8-4-3-7-15(16)21(27)23-11-10-14-13-6-2-5-9-17(13)24(12-18(25)26)19(14)20(22)23/h2-9,20H,10-12H2,1H3,(H,25,26)/t20-/m0/s1. The van der Waals surface area contributed by atoms with Gasteiger partial charge in [-0.1, -0.05) is 30.3 Å². The van der Waals surface area contributed by atoms with E-state index in [2.05, 4.69) is 4.90 Å². The molecule has 0 aliphatic carbocycles. The van der Waals surface area contributed by atoms with E-state index < -0.39 is 5.97 Å². The van der Waals surface area contributed by atoms with Crippen LogP contribution in [0.2, 0.25) is 0 Å². The van der Waals surface area contributed by atoms with Gasteiger partial charge in [-0.05, 0) is 30.2 Å². The minimum atomic E-state index is -0.888. The number of aliphatic carboxylic acids is 1. The highest BCUT2D eigenvalue weighted by atomic mass is 16.4. The summed E-state index contributed by atoms with van der Waals surface area (Å²) >= 11 is 0. The first-order chi connectivity index (χ1) is 13.1. The summed E-state index contributed by atoms with van der Waals surface area (Å²) in [4.78, 5) is 28.7. The summed E-state index contributed by atoms with van der Waals surface area (Å²) in [7, 11) is 1.97. The molecule has 6 nitrogen and oxygen atoms in total. The van der Waals surface area contributed by atoms with Crippen LogP contribution in [0, 0.1) is 0 Å². The average molecular weight is 361 g/mol. The molecule has 1 aromatic heterocycles. The van der Waals surface area contributed by atoms with E-state index in [1.165, 1.54) is 0 Å². The number of carboxylic acids is 1. The second kappa shape index (κ2) is 5.61. The molecule has 0 bridgehead atoms. The smallest absolute Gasteiger partial charge is 0.323 e. The molecular weight excluding hydrogens is 342 g/mol. The maximum Gasteiger partial charge on any atom is 0.323 e. The minimum absolute atomic E-state index is 0.00600. The minimum Gasteiger partial charge on any atom is -0.480 e. The van der Waals surface area contributed by atoms with Crippen molar-refractivity contribution in [2.75, 3.05) is 18.5 Å². The molecule has 2 aromatic carbocycles. The number of para-hydroxylation sites is 2. The number of nitrogens with zero attached hydrogens (tertiary/aromatic N) is 3. The van der Waals surface area contributed by atoms with Crippen molar-refractivity contribution < 1.29 is 14.7 Å². The molecule has 2 aliphatic rings. The van der Waals surface area contributed by atoms with Gasteiger partial charge in [-0.3, -0.25) is 9.59 Å². The van der Waals surface area contributed by atoms with Crippen LogP contribution in [0.1, 0.15) is 27.8 Å². The number of fused-ring (bicyclic) bond motifs is 6. The lowest BCUT2D eigenvalue weighted by Gasteiger charge is -2.46. The first-order valence-electron chi connectivity index (χ1n) is 9.02. The van der Waals surface area contributed by atoms with Crippen molar-refractivity contribution in [1.82, 2.24) is 9.47 Å². The zero-order chi connectivity index (χ0) is 18.7. The van der Waals surface area contributed by atoms with Crippen molar-refractivity contribution in [3.63, 3.8) is 0 Å². The number of carboxylic acid groups (broad SMARTS) is 1. The Kier molecular flexibility index (Phi) is 3.31. The number of hydrogen-bond donors (Lipinski definition) is 1. The van der Waals surface area contributed by atoms with Gasteiger partial charge < -0.3 is 19.5 Å². The molecule has 3 heterocycles. The van der Waals surface area contributed by atoms with Gasteiger partial charge in [0.1, 0.15) is 12.7 Å². The summed E-state index contributed by atoms with van der Waals surface area (Å²) in [5, 5.41) is 10.6. The van der Waals surface area contributed by atoms with Crippen LogP contribution in [-0.2, 0) is 17.8 Å². The number of aromatic nitrogens is 1. The zero-order valence-electron chi connectivity index (χ0n) is 14.9. The molecule has 0 saturated heterocycles. The second-order valence-electron chi connectivity index (χ2n) is 7.11. The number of anilines is 1. The molecule has 3 aromatic rings. The normalized spacial score (nSPS) is 18.3. The van der Waals surface area contributed by atoms with Gasteiger partial charge in [0.15, 0.2) is 0 Å². The highest BCUT2D eigenvalue weighted by Gasteiger charge is 2.42. The fraction of sp³-hybridized carbons (Fsp3) is 0.238. The molecule has 5 rings (SSSR count). The molecule has 0 saturated carbocycles. The molecule has 1 amide bonds. The Morgan fingerprint density at radius 3 is 2.70 bits per heavy atom. The van der Waals surface area contributed by atoms with E-state index in [0.717, 1.165) is 34.3 Å². The Morgan fingerprint density at radius 1 is 1.15 bits per heavy atom. The maximum absolute atomic E-state index is 13.1. The van der Waals surface area contributed by atoms with Crippen molar-refractivity contribution in [1.29, 1.82) is 0 Å². The first kappa shape index (κ1) is 15.9. The van der Waals surface area contributed by atoms with Gasteiger partial charge >= 0.3 is 5.97 Å². The number of hydrogen-bond acceptors (Lipinski definition) is 3. The fourth-order valence-corrected chi connectivity index (χ4v) is 4.61. The molecule has 0 radical (unpaired) electrons. The quantitative estimate of drug-likeness (QED) is 0.762. The summed E-state index contributed by atoms with van der Waals surface area (Å²) < 4.78 is 1.86. The van der Waals surface area contributed by atoms with Crippen molar-refractivity contribution in [3.05, 3.63) is 65.4 Å². The topological polar surface area (TPSA) is 65.8 Å². The van der Waals surface area contributed by atoms with Crippen LogP contribution in [-0.4, -0.2) is 40.0 Å². The lowest BCUT2D eigenvalue weighted by atomic mass is 9.96. The van der Waals surface area contributed by atoms with E-state index in [9.17, 15) is 14.7 Å². The van der Waals surface area contributed by atoms with E-state index in [1.807, 2.05) is 65.0 Å². The Morgan fingerprint density at radius 2 is 1.89 bits per heavy atom. The third kappa shape index (κ3) is 2.13. The monoisotopic (exact) mass is 361 g/mol. The summed E-state index contributed by atoms with van der Waals surface area (Å²) in [5.74, 6) is -0.882. The third-order valence-corrected chi connectivity index (χ3v) is 5.70. The summed E-state index contributed by atoms with van der Waals surface area (Å²) in [5.41, 5.74) is 4.54. The van der Waals surface area contributed by atoms with E-state index in [4.69, 9.17) is 0 Å². The van der Waals surface area contributed by atoms with E-state index in [-0.39, 0.29) is 18.6 Å². The van der Waals surface area contributed by atoms with Gasteiger partial charge in [0, 0.05) is 24.5 Å². The lowest BCUT2D eigenvalue weighted by Crippen LogP contribution is -2.51. The number of carbonyl (C=O) groups is 2. The molecular formula is C21H19N3O3. The van der Waals surface area contributed by atoms with Crippen LogP contribution in [0.25, 0.3) is 10.9 Å². The molecule has 2 aliphatic heterocycles. The Labute approximate surface area is 156 Å². The molecule has 1 atom stereocenters. The van der Waals surface area contributed by atoms with E-state index in [1.54, 1.807) is 0 Å². The highest BCUT2D eigenvalue weighted by molar-refractivity contribution is 6.02. The Hall–Kier alpha value is -3.28. The largest absolute Gasteiger partial charge is 0.480 e. The van der Waals surface area contributed by atoms with Crippen LogP contribution in [0.3, 0.4) is 0 Å². The molecule has 136 valence electrons. The first-order valence-corrected chi connectivity index (χ1v) is 9.02. The lowest BCUT2D eigenvalue weighted by molar-refractivity contribution is -0.137. The van der Waals surface area contributed by atoms with Gasteiger partial charge in [0.05, 0.1) is 16.9 Å². The van der Waals surface area contributed by atoms with Gasteiger partial charge in [-0.2, -0.15) is 0 Å². The molecule has 0 unspecified atom stereocenters.